The second-order valence-electron chi connectivity index (χ2n) is 3.90. The summed E-state index contributed by atoms with van der Waals surface area (Å²) < 4.78 is 0. The van der Waals surface area contributed by atoms with Crippen LogP contribution in [0, 0.1) is 6.92 Å². The van der Waals surface area contributed by atoms with Crippen molar-refractivity contribution >= 4 is 17.4 Å². The van der Waals surface area contributed by atoms with Crippen molar-refractivity contribution in [1.82, 2.24) is 14.8 Å². The van der Waals surface area contributed by atoms with Gasteiger partial charge in [-0.25, -0.2) is 9.78 Å². The van der Waals surface area contributed by atoms with E-state index in [9.17, 15) is 4.79 Å². The van der Waals surface area contributed by atoms with Crippen molar-refractivity contribution in [3.63, 3.8) is 0 Å². The maximum atomic E-state index is 10.7. The molecule has 16 heavy (non-hydrogen) atoms. The fourth-order valence-corrected chi connectivity index (χ4v) is 2.41. The number of nitrogens with zero attached hydrogens (tertiary/aromatic N) is 3. The Kier molecular flexibility index (Phi) is 3.40. The largest absolute Gasteiger partial charge is 0.465 e. The Hall–Kier alpha value is -1.14. The highest BCUT2D eigenvalue weighted by Gasteiger charge is 2.20. The average Bonchev–Trinajstić information content (AvgIpc) is 2.65. The molecule has 0 atom stereocenters. The number of carboxylic acid groups (broad SMARTS) is 1. The van der Waals surface area contributed by atoms with E-state index in [2.05, 4.69) is 15.3 Å². The molecule has 1 aromatic rings. The molecule has 0 bridgehead atoms. The van der Waals surface area contributed by atoms with Crippen LogP contribution in [0.25, 0.3) is 0 Å². The molecule has 1 aliphatic heterocycles. The number of hydrogen-bond acceptors (Lipinski definition) is 4. The molecule has 1 amide bonds. The van der Waals surface area contributed by atoms with E-state index in [1.807, 2.05) is 6.92 Å². The van der Waals surface area contributed by atoms with E-state index in [1.165, 1.54) is 4.90 Å². The molecule has 0 spiro atoms. The normalized spacial score (nSPS) is 17.7. The smallest absolute Gasteiger partial charge is 0.407 e. The molecule has 1 N–H and O–H groups in total. The fraction of sp³-hybridized carbons (Fsp3) is 0.600. The van der Waals surface area contributed by atoms with Crippen molar-refractivity contribution in [3.05, 3.63) is 16.1 Å². The number of rotatable bonds is 2. The van der Waals surface area contributed by atoms with Gasteiger partial charge in [-0.3, -0.25) is 4.90 Å². The first kappa shape index (κ1) is 11.3. The zero-order chi connectivity index (χ0) is 11.5. The van der Waals surface area contributed by atoms with Gasteiger partial charge in [-0.05, 0) is 6.92 Å². The molecule has 1 saturated heterocycles. The number of piperazine rings is 1. The highest BCUT2D eigenvalue weighted by molar-refractivity contribution is 7.09. The number of hydrogen-bond donors (Lipinski definition) is 1. The van der Waals surface area contributed by atoms with Crippen molar-refractivity contribution in [2.24, 2.45) is 0 Å². The fourth-order valence-electron chi connectivity index (χ4n) is 1.81. The zero-order valence-electron chi connectivity index (χ0n) is 9.22. The lowest BCUT2D eigenvalue weighted by molar-refractivity contribution is 0.102. The van der Waals surface area contributed by atoms with E-state index < -0.39 is 6.09 Å². The molecule has 1 fully saturated rings. The molecular weight excluding hydrogens is 226 g/mol. The Labute approximate surface area is 98.3 Å². The van der Waals surface area contributed by atoms with Crippen molar-refractivity contribution in [2.45, 2.75) is 13.5 Å². The van der Waals surface area contributed by atoms with Gasteiger partial charge in [-0.2, -0.15) is 0 Å². The number of aromatic nitrogens is 1. The van der Waals surface area contributed by atoms with E-state index in [0.717, 1.165) is 30.3 Å². The van der Waals surface area contributed by atoms with Crippen LogP contribution in [0.5, 0.6) is 0 Å². The van der Waals surface area contributed by atoms with Crippen LogP contribution >= 0.6 is 11.3 Å². The lowest BCUT2D eigenvalue weighted by Crippen LogP contribution is -2.47. The van der Waals surface area contributed by atoms with Crippen molar-refractivity contribution in [1.29, 1.82) is 0 Å². The molecule has 1 aliphatic rings. The minimum absolute atomic E-state index is 0.596. The van der Waals surface area contributed by atoms with Gasteiger partial charge < -0.3 is 10.0 Å². The maximum absolute atomic E-state index is 10.7. The topological polar surface area (TPSA) is 56.7 Å². The number of amides is 1. The molecule has 2 rings (SSSR count). The lowest BCUT2D eigenvalue weighted by Gasteiger charge is -2.32. The highest BCUT2D eigenvalue weighted by Crippen LogP contribution is 2.12. The maximum Gasteiger partial charge on any atom is 0.407 e. The Morgan fingerprint density at radius 3 is 2.69 bits per heavy atom. The van der Waals surface area contributed by atoms with Gasteiger partial charge in [0.1, 0.15) is 0 Å². The second kappa shape index (κ2) is 4.80. The average molecular weight is 241 g/mol. The van der Waals surface area contributed by atoms with Gasteiger partial charge in [0.05, 0.1) is 10.7 Å². The number of thiazole rings is 1. The van der Waals surface area contributed by atoms with E-state index >= 15 is 0 Å². The van der Waals surface area contributed by atoms with Crippen LogP contribution in [0.15, 0.2) is 5.38 Å². The van der Waals surface area contributed by atoms with Gasteiger partial charge in [0.25, 0.3) is 0 Å². The van der Waals surface area contributed by atoms with Crippen LogP contribution in [0.1, 0.15) is 10.7 Å². The van der Waals surface area contributed by atoms with Crippen LogP contribution in [0.3, 0.4) is 0 Å². The Bertz CT molecular complexity index is 372. The predicted octanol–water partition coefficient (Wildman–Crippen LogP) is 1.25. The standard InChI is InChI=1S/C10H15N3O2S/c1-8-11-9(7-16-8)6-12-2-4-13(5-3-12)10(14)15/h7H,2-6H2,1H3,(H,14,15). The molecule has 0 radical (unpaired) electrons. The summed E-state index contributed by atoms with van der Waals surface area (Å²) in [5.74, 6) is 0. The van der Waals surface area contributed by atoms with E-state index in [0.29, 0.717) is 13.1 Å². The summed E-state index contributed by atoms with van der Waals surface area (Å²) in [5, 5.41) is 12.0. The van der Waals surface area contributed by atoms with Crippen LogP contribution in [0.4, 0.5) is 4.79 Å². The highest BCUT2D eigenvalue weighted by atomic mass is 32.1. The Balaban J connectivity index is 1.83. The summed E-state index contributed by atoms with van der Waals surface area (Å²) in [7, 11) is 0. The molecule has 0 saturated carbocycles. The second-order valence-corrected chi connectivity index (χ2v) is 4.97. The van der Waals surface area contributed by atoms with Crippen molar-refractivity contribution in [2.75, 3.05) is 26.2 Å². The molecule has 2 heterocycles. The third-order valence-corrected chi connectivity index (χ3v) is 3.52. The summed E-state index contributed by atoms with van der Waals surface area (Å²) in [6.07, 6.45) is -0.816. The van der Waals surface area contributed by atoms with Crippen molar-refractivity contribution in [3.8, 4) is 0 Å². The van der Waals surface area contributed by atoms with Crippen LogP contribution in [0.2, 0.25) is 0 Å². The minimum atomic E-state index is -0.816. The van der Waals surface area contributed by atoms with E-state index in [-0.39, 0.29) is 0 Å². The van der Waals surface area contributed by atoms with Gasteiger partial charge in [0.2, 0.25) is 0 Å². The van der Waals surface area contributed by atoms with E-state index in [1.54, 1.807) is 11.3 Å². The van der Waals surface area contributed by atoms with E-state index in [4.69, 9.17) is 5.11 Å². The van der Waals surface area contributed by atoms with Gasteiger partial charge >= 0.3 is 6.09 Å². The Morgan fingerprint density at radius 1 is 1.50 bits per heavy atom. The van der Waals surface area contributed by atoms with Gasteiger partial charge in [-0.15, -0.1) is 11.3 Å². The zero-order valence-corrected chi connectivity index (χ0v) is 10.0. The lowest BCUT2D eigenvalue weighted by atomic mass is 10.3. The first-order chi connectivity index (χ1) is 7.65. The summed E-state index contributed by atoms with van der Waals surface area (Å²) in [4.78, 5) is 18.8. The van der Waals surface area contributed by atoms with Crippen LogP contribution in [-0.2, 0) is 6.54 Å². The molecule has 1 aromatic heterocycles. The molecule has 6 heteroatoms. The molecular formula is C10H15N3O2S. The molecule has 0 unspecified atom stereocenters. The number of carbonyl (C=O) groups is 1. The van der Waals surface area contributed by atoms with Gasteiger partial charge in [0, 0.05) is 38.1 Å². The summed E-state index contributed by atoms with van der Waals surface area (Å²) in [6.45, 7) is 5.61. The first-order valence-corrected chi connectivity index (χ1v) is 6.14. The SMILES string of the molecule is Cc1nc(CN2CCN(C(=O)O)CC2)cs1. The Morgan fingerprint density at radius 2 is 2.19 bits per heavy atom. The van der Waals surface area contributed by atoms with Crippen molar-refractivity contribution < 1.29 is 9.90 Å². The predicted molar refractivity (Wildman–Crippen MR) is 61.7 cm³/mol. The summed E-state index contributed by atoms with van der Waals surface area (Å²) in [5.41, 5.74) is 1.09. The van der Waals surface area contributed by atoms with Crippen LogP contribution in [-0.4, -0.2) is 52.2 Å². The summed E-state index contributed by atoms with van der Waals surface area (Å²) in [6, 6.07) is 0. The molecule has 0 aliphatic carbocycles. The molecule has 88 valence electrons. The van der Waals surface area contributed by atoms with Gasteiger partial charge in [0.15, 0.2) is 0 Å². The van der Waals surface area contributed by atoms with Crippen LogP contribution < -0.4 is 0 Å². The first-order valence-electron chi connectivity index (χ1n) is 5.26. The monoisotopic (exact) mass is 241 g/mol. The third kappa shape index (κ3) is 2.70. The molecule has 0 aromatic carbocycles. The summed E-state index contributed by atoms with van der Waals surface area (Å²) >= 11 is 1.66. The quantitative estimate of drug-likeness (QED) is 0.846. The number of aryl methyl sites for hydroxylation is 1. The third-order valence-electron chi connectivity index (χ3n) is 2.69. The van der Waals surface area contributed by atoms with Gasteiger partial charge in [-0.1, -0.05) is 0 Å². The molecule has 5 nitrogen and oxygen atoms in total. The minimum Gasteiger partial charge on any atom is -0.465 e.